The summed E-state index contributed by atoms with van der Waals surface area (Å²) in [6, 6.07) is 0. The van der Waals surface area contributed by atoms with Crippen molar-refractivity contribution in [2.75, 3.05) is 14.2 Å². The van der Waals surface area contributed by atoms with Crippen LogP contribution in [0.4, 0.5) is 0 Å². The molecule has 1 saturated heterocycles. The number of carbonyl (C=O) groups excluding carboxylic acids is 4. The van der Waals surface area contributed by atoms with Gasteiger partial charge in [-0.2, -0.15) is 0 Å². The zero-order valence-electron chi connectivity index (χ0n) is 17.0. The quantitative estimate of drug-likeness (QED) is 0.376. The van der Waals surface area contributed by atoms with Crippen LogP contribution in [0.3, 0.4) is 0 Å². The highest BCUT2D eigenvalue weighted by molar-refractivity contribution is 6.03. The van der Waals surface area contributed by atoms with Gasteiger partial charge in [-0.25, -0.2) is 0 Å². The zero-order valence-corrected chi connectivity index (χ0v) is 17.0. The molecule has 2 amide bonds. The highest BCUT2D eigenvalue weighted by atomic mass is 16.5. The van der Waals surface area contributed by atoms with E-state index in [0.717, 1.165) is 10.5 Å². The number of methoxy groups -OCH3 is 2. The average Bonchev–Trinajstić information content (AvgIpc) is 2.90. The molecular formula is C19H29NO7. The molecular weight excluding hydrogens is 354 g/mol. The van der Waals surface area contributed by atoms with E-state index < -0.39 is 41.3 Å². The largest absolute Gasteiger partial charge is 0.468 e. The van der Waals surface area contributed by atoms with Gasteiger partial charge in [0.05, 0.1) is 20.3 Å². The number of hydrogen-bond acceptors (Lipinski definition) is 7. The van der Waals surface area contributed by atoms with Crippen molar-refractivity contribution in [1.29, 1.82) is 0 Å². The van der Waals surface area contributed by atoms with Crippen LogP contribution in [-0.2, 0) is 33.4 Å². The second-order valence-electron chi connectivity index (χ2n) is 7.11. The Morgan fingerprint density at radius 1 is 1.15 bits per heavy atom. The Kier molecular flexibility index (Phi) is 7.71. The van der Waals surface area contributed by atoms with Crippen molar-refractivity contribution < 1.29 is 33.4 Å². The smallest absolute Gasteiger partial charge is 0.324 e. The van der Waals surface area contributed by atoms with E-state index in [-0.39, 0.29) is 18.9 Å². The number of hydrogen-bond donors (Lipinski definition) is 0. The van der Waals surface area contributed by atoms with Gasteiger partial charge < -0.3 is 14.2 Å². The highest BCUT2D eigenvalue weighted by Gasteiger charge is 2.62. The maximum Gasteiger partial charge on any atom is 0.324 e. The number of ether oxygens (including phenoxy) is 3. The Hall–Kier alpha value is -2.22. The van der Waals surface area contributed by atoms with E-state index >= 15 is 0 Å². The molecule has 0 saturated carbocycles. The van der Waals surface area contributed by atoms with E-state index in [4.69, 9.17) is 14.2 Å². The number of amides is 2. The lowest BCUT2D eigenvalue weighted by Crippen LogP contribution is -2.53. The van der Waals surface area contributed by atoms with Crippen LogP contribution in [0.5, 0.6) is 0 Å². The third-order valence-corrected chi connectivity index (χ3v) is 4.58. The number of likely N-dealkylation sites (tertiary alicyclic amines) is 1. The van der Waals surface area contributed by atoms with E-state index in [1.165, 1.54) is 21.1 Å². The molecule has 0 radical (unpaired) electrons. The fraction of sp³-hybridized carbons (Fsp3) is 0.684. The first kappa shape index (κ1) is 22.8. The molecule has 27 heavy (non-hydrogen) atoms. The van der Waals surface area contributed by atoms with Crippen LogP contribution in [0.15, 0.2) is 11.6 Å². The lowest BCUT2D eigenvalue weighted by atomic mass is 9.70. The molecule has 0 aliphatic carbocycles. The van der Waals surface area contributed by atoms with E-state index in [9.17, 15) is 19.2 Å². The van der Waals surface area contributed by atoms with Gasteiger partial charge in [-0.1, -0.05) is 11.6 Å². The third-order valence-electron chi connectivity index (χ3n) is 4.58. The number of nitrogens with zero attached hydrogens (tertiary/aromatic N) is 1. The summed E-state index contributed by atoms with van der Waals surface area (Å²) in [5.74, 6) is -3.61. The van der Waals surface area contributed by atoms with Gasteiger partial charge in [0.25, 0.3) is 0 Å². The van der Waals surface area contributed by atoms with Crippen molar-refractivity contribution in [3.05, 3.63) is 11.6 Å². The molecule has 152 valence electrons. The normalized spacial score (nSPS) is 19.9. The fourth-order valence-corrected chi connectivity index (χ4v) is 3.35. The molecule has 0 unspecified atom stereocenters. The highest BCUT2D eigenvalue weighted by Crippen LogP contribution is 2.45. The first-order valence-corrected chi connectivity index (χ1v) is 8.81. The van der Waals surface area contributed by atoms with Gasteiger partial charge >= 0.3 is 11.9 Å². The van der Waals surface area contributed by atoms with Gasteiger partial charge in [0.2, 0.25) is 11.8 Å². The Morgan fingerprint density at radius 3 is 2.04 bits per heavy atom. The molecule has 1 heterocycles. The number of rotatable bonds is 7. The summed E-state index contributed by atoms with van der Waals surface area (Å²) in [5.41, 5.74) is -0.929. The monoisotopic (exact) mass is 383 g/mol. The van der Waals surface area contributed by atoms with E-state index in [1.807, 2.05) is 13.8 Å². The van der Waals surface area contributed by atoms with Crippen molar-refractivity contribution >= 4 is 23.8 Å². The molecule has 8 nitrogen and oxygen atoms in total. The van der Waals surface area contributed by atoms with Crippen LogP contribution in [0.1, 0.15) is 47.5 Å². The lowest BCUT2D eigenvalue weighted by molar-refractivity contribution is -0.186. The van der Waals surface area contributed by atoms with Crippen LogP contribution < -0.4 is 0 Å². The molecule has 0 aromatic rings. The van der Waals surface area contributed by atoms with Gasteiger partial charge in [-0.3, -0.25) is 24.1 Å². The third kappa shape index (κ3) is 4.55. The van der Waals surface area contributed by atoms with Crippen molar-refractivity contribution in [2.24, 2.45) is 11.3 Å². The van der Waals surface area contributed by atoms with E-state index in [1.54, 1.807) is 19.9 Å². The molecule has 0 aromatic heterocycles. The van der Waals surface area contributed by atoms with Crippen molar-refractivity contribution in [2.45, 2.75) is 59.8 Å². The minimum atomic E-state index is -1.81. The van der Waals surface area contributed by atoms with Crippen LogP contribution in [-0.4, -0.2) is 55.2 Å². The molecule has 0 bridgehead atoms. The Morgan fingerprint density at radius 2 is 1.67 bits per heavy atom. The van der Waals surface area contributed by atoms with Crippen molar-refractivity contribution in [3.8, 4) is 0 Å². The van der Waals surface area contributed by atoms with E-state index in [0.29, 0.717) is 0 Å². The van der Waals surface area contributed by atoms with Gasteiger partial charge in [0.1, 0.15) is 6.23 Å². The Labute approximate surface area is 159 Å². The van der Waals surface area contributed by atoms with Gasteiger partial charge in [0.15, 0.2) is 5.41 Å². The zero-order chi connectivity index (χ0) is 20.9. The van der Waals surface area contributed by atoms with Crippen LogP contribution in [0.25, 0.3) is 0 Å². The Balaban J connectivity index is 3.63. The summed E-state index contributed by atoms with van der Waals surface area (Å²) in [6.45, 7) is 8.37. The first-order chi connectivity index (χ1) is 12.5. The number of imide groups is 1. The minimum Gasteiger partial charge on any atom is -0.468 e. The molecule has 1 aliphatic heterocycles. The lowest BCUT2D eigenvalue weighted by Gasteiger charge is -2.37. The van der Waals surface area contributed by atoms with Crippen molar-refractivity contribution in [1.82, 2.24) is 4.90 Å². The summed E-state index contributed by atoms with van der Waals surface area (Å²) >= 11 is 0. The molecule has 8 heteroatoms. The molecule has 0 spiro atoms. The molecule has 2 atom stereocenters. The minimum absolute atomic E-state index is 0.0314. The second-order valence-corrected chi connectivity index (χ2v) is 7.11. The summed E-state index contributed by atoms with van der Waals surface area (Å²) in [7, 11) is 2.33. The predicted molar refractivity (Wildman–Crippen MR) is 96.2 cm³/mol. The molecule has 1 aliphatic rings. The van der Waals surface area contributed by atoms with Crippen LogP contribution in [0, 0.1) is 11.3 Å². The number of carbonyl (C=O) groups is 4. The molecule has 1 fully saturated rings. The average molecular weight is 383 g/mol. The second kappa shape index (κ2) is 9.12. The summed E-state index contributed by atoms with van der Waals surface area (Å²) in [6.07, 6.45) is 0.0513. The van der Waals surface area contributed by atoms with Crippen LogP contribution >= 0.6 is 0 Å². The molecule has 0 N–H and O–H groups in total. The summed E-state index contributed by atoms with van der Waals surface area (Å²) in [5, 5.41) is 0. The predicted octanol–water partition coefficient (Wildman–Crippen LogP) is 1.82. The fourth-order valence-electron chi connectivity index (χ4n) is 3.35. The number of allylic oxidation sites excluding steroid dienone is 2. The van der Waals surface area contributed by atoms with E-state index in [2.05, 4.69) is 0 Å². The molecule has 0 aromatic carbocycles. The topological polar surface area (TPSA) is 99.2 Å². The van der Waals surface area contributed by atoms with Crippen LogP contribution in [0.2, 0.25) is 0 Å². The maximum atomic E-state index is 12.8. The number of esters is 2. The van der Waals surface area contributed by atoms with Gasteiger partial charge in [-0.15, -0.1) is 0 Å². The SMILES string of the molecule is COC(=O)C(CC=C(C)C)(C(=O)OC)[C@H]1CC(=O)N(C(C)=O)[C@@H]1OC(C)C. The maximum absolute atomic E-state index is 12.8. The summed E-state index contributed by atoms with van der Waals surface area (Å²) in [4.78, 5) is 51.2. The van der Waals surface area contributed by atoms with Gasteiger partial charge in [0, 0.05) is 19.3 Å². The Bertz CT molecular complexity index is 618. The standard InChI is InChI=1S/C19H29NO7/c1-11(2)8-9-19(17(23)25-6,18(24)26-7)14-10-15(22)20(13(5)21)16(14)27-12(3)4/h8,12,14,16H,9-10H2,1-7H3/t14-,16+/m0/s1. The van der Waals surface area contributed by atoms with Gasteiger partial charge in [-0.05, 0) is 34.1 Å². The molecule has 1 rings (SSSR count). The summed E-state index contributed by atoms with van der Waals surface area (Å²) < 4.78 is 15.7. The first-order valence-electron chi connectivity index (χ1n) is 8.81. The van der Waals surface area contributed by atoms with Crippen molar-refractivity contribution in [3.63, 3.8) is 0 Å².